The molecule has 0 spiro atoms. The van der Waals surface area contributed by atoms with Crippen LogP contribution in [0.1, 0.15) is 31.9 Å². The molecule has 0 saturated carbocycles. The molecule has 0 aromatic heterocycles. The highest BCUT2D eigenvalue weighted by atomic mass is 16.6. The van der Waals surface area contributed by atoms with Crippen LogP contribution in [0.5, 0.6) is 0 Å². The van der Waals surface area contributed by atoms with Crippen molar-refractivity contribution in [3.8, 4) is 0 Å². The van der Waals surface area contributed by atoms with Gasteiger partial charge in [0.25, 0.3) is 5.69 Å². The molecule has 1 heterocycles. The predicted molar refractivity (Wildman–Crippen MR) is 79.7 cm³/mol. The van der Waals surface area contributed by atoms with Gasteiger partial charge >= 0.3 is 0 Å². The maximum absolute atomic E-state index is 10.7. The summed E-state index contributed by atoms with van der Waals surface area (Å²) in [5, 5.41) is 14.1. The fourth-order valence-corrected chi connectivity index (χ4v) is 2.75. The molecule has 1 saturated heterocycles. The summed E-state index contributed by atoms with van der Waals surface area (Å²) < 4.78 is 0. The molecule has 1 aliphatic rings. The first-order chi connectivity index (χ1) is 9.58. The van der Waals surface area contributed by atoms with Crippen LogP contribution in [-0.4, -0.2) is 36.0 Å². The SMILES string of the molecule is CC(C)C[C@@H](c1ccc([N+](=O)[O-])cc1)N1CCNCC1. The monoisotopic (exact) mass is 277 g/mol. The summed E-state index contributed by atoms with van der Waals surface area (Å²) in [6, 6.07) is 7.41. The predicted octanol–water partition coefficient (Wildman–Crippen LogP) is 2.59. The molecule has 1 fully saturated rings. The summed E-state index contributed by atoms with van der Waals surface area (Å²) >= 11 is 0. The maximum Gasteiger partial charge on any atom is 0.269 e. The quantitative estimate of drug-likeness (QED) is 0.664. The zero-order valence-electron chi connectivity index (χ0n) is 12.2. The molecule has 5 heteroatoms. The number of nitrogens with zero attached hydrogens (tertiary/aromatic N) is 2. The Morgan fingerprint density at radius 3 is 2.35 bits per heavy atom. The number of nitro benzene ring substituents is 1. The van der Waals surface area contributed by atoms with E-state index >= 15 is 0 Å². The molecule has 0 aliphatic carbocycles. The van der Waals surface area contributed by atoms with Gasteiger partial charge < -0.3 is 5.32 Å². The van der Waals surface area contributed by atoms with Crippen molar-refractivity contribution in [2.45, 2.75) is 26.3 Å². The van der Waals surface area contributed by atoms with Gasteiger partial charge in [-0.1, -0.05) is 26.0 Å². The van der Waals surface area contributed by atoms with Gasteiger partial charge in [0.2, 0.25) is 0 Å². The summed E-state index contributed by atoms with van der Waals surface area (Å²) in [5.74, 6) is 0.602. The number of rotatable bonds is 5. The van der Waals surface area contributed by atoms with E-state index in [0.717, 1.165) is 32.6 Å². The van der Waals surface area contributed by atoms with E-state index < -0.39 is 0 Å². The van der Waals surface area contributed by atoms with Crippen LogP contribution in [0.15, 0.2) is 24.3 Å². The van der Waals surface area contributed by atoms with Gasteiger partial charge in [0.15, 0.2) is 0 Å². The van der Waals surface area contributed by atoms with Gasteiger partial charge in [-0.05, 0) is 17.9 Å². The van der Waals surface area contributed by atoms with Crippen LogP contribution in [0, 0.1) is 16.0 Å². The lowest BCUT2D eigenvalue weighted by Gasteiger charge is -2.36. The third kappa shape index (κ3) is 3.77. The fourth-order valence-electron chi connectivity index (χ4n) is 2.75. The molecule has 110 valence electrons. The van der Waals surface area contributed by atoms with E-state index in [9.17, 15) is 10.1 Å². The Bertz CT molecular complexity index is 439. The molecule has 2 rings (SSSR count). The fraction of sp³-hybridized carbons (Fsp3) is 0.600. The summed E-state index contributed by atoms with van der Waals surface area (Å²) in [7, 11) is 0. The number of piperazine rings is 1. The second kappa shape index (κ2) is 6.81. The minimum Gasteiger partial charge on any atom is -0.314 e. The normalized spacial score (nSPS) is 18.1. The van der Waals surface area contributed by atoms with Crippen LogP contribution in [0.3, 0.4) is 0 Å². The second-order valence-electron chi connectivity index (χ2n) is 5.78. The standard InChI is InChI=1S/C15H23N3O2/c1-12(2)11-15(17-9-7-16-8-10-17)13-3-5-14(6-4-13)18(19)20/h3-6,12,15-16H,7-11H2,1-2H3/t15-/m0/s1. The Morgan fingerprint density at radius 1 is 1.25 bits per heavy atom. The number of hydrogen-bond acceptors (Lipinski definition) is 4. The van der Waals surface area contributed by atoms with Gasteiger partial charge in [-0.3, -0.25) is 15.0 Å². The van der Waals surface area contributed by atoms with E-state index in [2.05, 4.69) is 24.1 Å². The summed E-state index contributed by atoms with van der Waals surface area (Å²) in [6.45, 7) is 8.55. The summed E-state index contributed by atoms with van der Waals surface area (Å²) in [4.78, 5) is 12.9. The van der Waals surface area contributed by atoms with Gasteiger partial charge in [-0.25, -0.2) is 0 Å². The van der Waals surface area contributed by atoms with Crippen molar-refractivity contribution in [1.82, 2.24) is 10.2 Å². The average Bonchev–Trinajstić information content (AvgIpc) is 2.45. The highest BCUT2D eigenvalue weighted by Gasteiger charge is 2.23. The van der Waals surface area contributed by atoms with Crippen molar-refractivity contribution in [3.05, 3.63) is 39.9 Å². The van der Waals surface area contributed by atoms with Crippen LogP contribution >= 0.6 is 0 Å². The van der Waals surface area contributed by atoms with Gasteiger partial charge in [0, 0.05) is 44.4 Å². The van der Waals surface area contributed by atoms with Crippen LogP contribution in [0.25, 0.3) is 0 Å². The molecular weight excluding hydrogens is 254 g/mol. The van der Waals surface area contributed by atoms with E-state index in [4.69, 9.17) is 0 Å². The van der Waals surface area contributed by atoms with E-state index in [-0.39, 0.29) is 10.6 Å². The van der Waals surface area contributed by atoms with Gasteiger partial charge in [-0.15, -0.1) is 0 Å². The first kappa shape index (κ1) is 14.9. The van der Waals surface area contributed by atoms with Crippen molar-refractivity contribution in [3.63, 3.8) is 0 Å². The van der Waals surface area contributed by atoms with Crippen LogP contribution in [0.4, 0.5) is 5.69 Å². The number of hydrogen-bond donors (Lipinski definition) is 1. The highest BCUT2D eigenvalue weighted by Crippen LogP contribution is 2.29. The maximum atomic E-state index is 10.7. The smallest absolute Gasteiger partial charge is 0.269 e. The lowest BCUT2D eigenvalue weighted by atomic mass is 9.95. The van der Waals surface area contributed by atoms with Gasteiger partial charge in [0.1, 0.15) is 0 Å². The lowest BCUT2D eigenvalue weighted by Crippen LogP contribution is -2.45. The molecule has 1 N–H and O–H groups in total. The third-order valence-electron chi connectivity index (χ3n) is 3.78. The molecule has 1 atom stereocenters. The number of nitrogens with one attached hydrogen (secondary N) is 1. The van der Waals surface area contributed by atoms with Gasteiger partial charge in [0.05, 0.1) is 4.92 Å². The van der Waals surface area contributed by atoms with Crippen molar-refractivity contribution >= 4 is 5.69 Å². The second-order valence-corrected chi connectivity index (χ2v) is 5.78. The Morgan fingerprint density at radius 2 is 1.85 bits per heavy atom. The lowest BCUT2D eigenvalue weighted by molar-refractivity contribution is -0.384. The third-order valence-corrected chi connectivity index (χ3v) is 3.78. The minimum atomic E-state index is -0.341. The Kier molecular flexibility index (Phi) is 5.09. The van der Waals surface area contributed by atoms with Crippen molar-refractivity contribution in [2.75, 3.05) is 26.2 Å². The van der Waals surface area contributed by atoms with Crippen molar-refractivity contribution in [2.24, 2.45) is 5.92 Å². The minimum absolute atomic E-state index is 0.164. The molecule has 0 bridgehead atoms. The Labute approximate surface area is 120 Å². The number of nitro groups is 1. The van der Waals surface area contributed by atoms with E-state index in [1.807, 2.05) is 12.1 Å². The Balaban J connectivity index is 2.18. The number of non-ortho nitro benzene ring substituents is 1. The molecule has 5 nitrogen and oxygen atoms in total. The molecule has 0 radical (unpaired) electrons. The largest absolute Gasteiger partial charge is 0.314 e. The van der Waals surface area contributed by atoms with Gasteiger partial charge in [-0.2, -0.15) is 0 Å². The molecule has 0 unspecified atom stereocenters. The zero-order valence-corrected chi connectivity index (χ0v) is 12.2. The average molecular weight is 277 g/mol. The molecule has 20 heavy (non-hydrogen) atoms. The van der Waals surface area contributed by atoms with Crippen molar-refractivity contribution in [1.29, 1.82) is 0 Å². The first-order valence-corrected chi connectivity index (χ1v) is 7.27. The molecular formula is C15H23N3O2. The van der Waals surface area contributed by atoms with Crippen LogP contribution in [-0.2, 0) is 0 Å². The van der Waals surface area contributed by atoms with E-state index in [1.165, 1.54) is 5.56 Å². The number of benzene rings is 1. The van der Waals surface area contributed by atoms with E-state index in [0.29, 0.717) is 12.0 Å². The molecule has 1 aromatic carbocycles. The summed E-state index contributed by atoms with van der Waals surface area (Å²) in [5.41, 5.74) is 1.35. The molecule has 0 amide bonds. The zero-order chi connectivity index (χ0) is 14.5. The highest BCUT2D eigenvalue weighted by molar-refractivity contribution is 5.34. The summed E-state index contributed by atoms with van der Waals surface area (Å²) in [6.07, 6.45) is 1.08. The Hall–Kier alpha value is -1.46. The molecule has 1 aliphatic heterocycles. The van der Waals surface area contributed by atoms with Crippen molar-refractivity contribution < 1.29 is 4.92 Å². The first-order valence-electron chi connectivity index (χ1n) is 7.27. The van der Waals surface area contributed by atoms with Crippen LogP contribution in [0.2, 0.25) is 0 Å². The topological polar surface area (TPSA) is 58.4 Å². The van der Waals surface area contributed by atoms with Crippen LogP contribution < -0.4 is 5.32 Å². The molecule has 1 aromatic rings. The van der Waals surface area contributed by atoms with E-state index in [1.54, 1.807) is 12.1 Å².